The fraction of sp³-hybridized carbons (Fsp3) is 0.500. The molecular weight excluding hydrogens is 382 g/mol. The quantitative estimate of drug-likeness (QED) is 0.816. The SMILES string of the molecule is C[C@]1(NC(=O)c2ccco2)CCOC2(CCN(c3ncccc3Cl)CC2)[C@@H]1O. The summed E-state index contributed by atoms with van der Waals surface area (Å²) in [6.45, 7) is 3.66. The Labute approximate surface area is 168 Å². The Morgan fingerprint density at radius 1 is 1.32 bits per heavy atom. The molecule has 0 bridgehead atoms. The number of aliphatic hydroxyl groups excluding tert-OH is 1. The summed E-state index contributed by atoms with van der Waals surface area (Å²) >= 11 is 6.27. The van der Waals surface area contributed by atoms with Gasteiger partial charge in [0.05, 0.1) is 22.4 Å². The molecule has 0 unspecified atom stereocenters. The van der Waals surface area contributed by atoms with Crippen molar-refractivity contribution in [1.29, 1.82) is 0 Å². The Morgan fingerprint density at radius 2 is 2.11 bits per heavy atom. The molecule has 28 heavy (non-hydrogen) atoms. The minimum Gasteiger partial charge on any atom is -0.459 e. The third kappa shape index (κ3) is 3.38. The number of nitrogens with one attached hydrogen (secondary N) is 1. The van der Waals surface area contributed by atoms with Crippen LogP contribution in [0, 0.1) is 0 Å². The van der Waals surface area contributed by atoms with Gasteiger partial charge in [-0.05, 0) is 50.5 Å². The predicted molar refractivity (Wildman–Crippen MR) is 105 cm³/mol. The van der Waals surface area contributed by atoms with E-state index in [1.54, 1.807) is 24.4 Å². The largest absolute Gasteiger partial charge is 0.459 e. The summed E-state index contributed by atoms with van der Waals surface area (Å²) in [6.07, 6.45) is 4.10. The smallest absolute Gasteiger partial charge is 0.287 e. The molecule has 8 heteroatoms. The Hall–Kier alpha value is -2.09. The molecule has 0 saturated carbocycles. The maximum Gasteiger partial charge on any atom is 0.287 e. The topological polar surface area (TPSA) is 87.8 Å². The number of hydrogen-bond acceptors (Lipinski definition) is 6. The van der Waals surface area contributed by atoms with Crippen LogP contribution in [0.4, 0.5) is 5.82 Å². The standard InChI is InChI=1S/C20H24ClN3O4/c1-19(23-17(25)15-5-3-12-27-15)8-13-28-20(18(19)26)6-10-24(11-7-20)16-14(21)4-2-9-22-16/h2-5,9,12,18,26H,6-8,10-11,13H2,1H3,(H,23,25)/t18-,19+/m1/s1. The normalized spacial score (nSPS) is 27.0. The fourth-order valence-corrected chi connectivity index (χ4v) is 4.49. The third-order valence-electron chi connectivity index (χ3n) is 5.91. The molecule has 4 rings (SSSR count). The number of rotatable bonds is 3. The van der Waals surface area contributed by atoms with E-state index in [2.05, 4.69) is 15.2 Å². The highest BCUT2D eigenvalue weighted by Crippen LogP contribution is 2.41. The van der Waals surface area contributed by atoms with Gasteiger partial charge in [-0.2, -0.15) is 0 Å². The molecule has 2 N–H and O–H groups in total. The average Bonchev–Trinajstić information content (AvgIpc) is 3.23. The second-order valence-electron chi connectivity index (χ2n) is 7.71. The van der Waals surface area contributed by atoms with Crippen LogP contribution in [0.25, 0.3) is 0 Å². The fourth-order valence-electron chi connectivity index (χ4n) is 4.25. The molecule has 0 radical (unpaired) electrons. The molecule has 2 aliphatic rings. The number of carbonyl (C=O) groups excluding carboxylic acids is 1. The van der Waals surface area contributed by atoms with E-state index in [1.165, 1.54) is 6.26 Å². The first-order valence-corrected chi connectivity index (χ1v) is 9.85. The summed E-state index contributed by atoms with van der Waals surface area (Å²) in [7, 11) is 0. The molecule has 2 aromatic heterocycles. The first-order valence-electron chi connectivity index (χ1n) is 9.47. The van der Waals surface area contributed by atoms with E-state index >= 15 is 0 Å². The lowest BCUT2D eigenvalue weighted by atomic mass is 9.73. The van der Waals surface area contributed by atoms with Gasteiger partial charge >= 0.3 is 0 Å². The van der Waals surface area contributed by atoms with Gasteiger partial charge in [0.2, 0.25) is 0 Å². The summed E-state index contributed by atoms with van der Waals surface area (Å²) in [6, 6.07) is 6.90. The number of nitrogens with zero attached hydrogens (tertiary/aromatic N) is 2. The number of aliphatic hydroxyl groups is 1. The molecule has 2 fully saturated rings. The van der Waals surface area contributed by atoms with Crippen molar-refractivity contribution in [3.05, 3.63) is 47.5 Å². The lowest BCUT2D eigenvalue weighted by Gasteiger charge is -2.53. The monoisotopic (exact) mass is 405 g/mol. The lowest BCUT2D eigenvalue weighted by Crippen LogP contribution is -2.69. The van der Waals surface area contributed by atoms with E-state index in [0.717, 1.165) is 5.82 Å². The summed E-state index contributed by atoms with van der Waals surface area (Å²) in [5.41, 5.74) is -1.51. The van der Waals surface area contributed by atoms with Crippen molar-refractivity contribution in [2.45, 2.75) is 43.4 Å². The first-order chi connectivity index (χ1) is 13.4. The molecule has 2 aliphatic heterocycles. The highest BCUT2D eigenvalue weighted by Gasteiger charge is 2.54. The van der Waals surface area contributed by atoms with Crippen LogP contribution in [0.15, 0.2) is 41.1 Å². The number of anilines is 1. The van der Waals surface area contributed by atoms with Crippen molar-refractivity contribution in [3.8, 4) is 0 Å². The Bertz CT molecular complexity index is 836. The molecule has 0 aliphatic carbocycles. The van der Waals surface area contributed by atoms with Gasteiger partial charge in [0.25, 0.3) is 5.91 Å². The van der Waals surface area contributed by atoms with E-state index in [0.29, 0.717) is 44.0 Å². The van der Waals surface area contributed by atoms with Crippen LogP contribution >= 0.6 is 11.6 Å². The number of aromatic nitrogens is 1. The summed E-state index contributed by atoms with van der Waals surface area (Å²) in [5, 5.41) is 14.8. The number of furan rings is 1. The zero-order valence-corrected chi connectivity index (χ0v) is 16.5. The molecule has 1 spiro atoms. The van der Waals surface area contributed by atoms with Crippen LogP contribution in [0.3, 0.4) is 0 Å². The zero-order chi connectivity index (χ0) is 19.8. The molecule has 2 atom stereocenters. The second kappa shape index (κ2) is 7.39. The third-order valence-corrected chi connectivity index (χ3v) is 6.20. The molecule has 4 heterocycles. The van der Waals surface area contributed by atoms with Crippen LogP contribution in [-0.2, 0) is 4.74 Å². The first kappa shape index (κ1) is 19.2. The van der Waals surface area contributed by atoms with Crippen molar-refractivity contribution < 1.29 is 19.1 Å². The second-order valence-corrected chi connectivity index (χ2v) is 8.12. The van der Waals surface area contributed by atoms with Gasteiger partial charge < -0.3 is 24.5 Å². The van der Waals surface area contributed by atoms with E-state index < -0.39 is 17.2 Å². The van der Waals surface area contributed by atoms with Gasteiger partial charge in [-0.3, -0.25) is 4.79 Å². The summed E-state index contributed by atoms with van der Waals surface area (Å²) in [5.74, 6) is 0.646. The van der Waals surface area contributed by atoms with E-state index in [9.17, 15) is 9.90 Å². The number of ether oxygens (including phenoxy) is 1. The van der Waals surface area contributed by atoms with Crippen LogP contribution in [0.1, 0.15) is 36.7 Å². The highest BCUT2D eigenvalue weighted by atomic mass is 35.5. The van der Waals surface area contributed by atoms with Gasteiger partial charge in [0.1, 0.15) is 11.9 Å². The van der Waals surface area contributed by atoms with E-state index in [4.69, 9.17) is 20.8 Å². The number of halogens is 1. The molecule has 1 amide bonds. The van der Waals surface area contributed by atoms with E-state index in [1.807, 2.05) is 13.0 Å². The summed E-state index contributed by atoms with van der Waals surface area (Å²) < 4.78 is 11.3. The number of pyridine rings is 1. The van der Waals surface area contributed by atoms with Crippen LogP contribution in [-0.4, -0.2) is 52.9 Å². The minimum absolute atomic E-state index is 0.230. The number of piperidine rings is 1. The lowest BCUT2D eigenvalue weighted by molar-refractivity contribution is -0.195. The highest BCUT2D eigenvalue weighted by molar-refractivity contribution is 6.32. The number of amides is 1. The molecule has 0 aromatic carbocycles. The zero-order valence-electron chi connectivity index (χ0n) is 15.7. The summed E-state index contributed by atoms with van der Waals surface area (Å²) in [4.78, 5) is 19.0. The Balaban J connectivity index is 1.48. The van der Waals surface area contributed by atoms with Crippen LogP contribution < -0.4 is 10.2 Å². The predicted octanol–water partition coefficient (Wildman–Crippen LogP) is 2.64. The molecule has 150 valence electrons. The van der Waals surface area contributed by atoms with Gasteiger partial charge in [-0.15, -0.1) is 0 Å². The maximum atomic E-state index is 12.5. The Morgan fingerprint density at radius 3 is 2.79 bits per heavy atom. The molecule has 2 aromatic rings. The van der Waals surface area contributed by atoms with E-state index in [-0.39, 0.29) is 11.7 Å². The minimum atomic E-state index is -0.839. The van der Waals surface area contributed by atoms with Crippen LogP contribution in [0.5, 0.6) is 0 Å². The Kier molecular flexibility index (Phi) is 5.07. The van der Waals surface area contributed by atoms with Crippen molar-refractivity contribution in [2.24, 2.45) is 0 Å². The average molecular weight is 406 g/mol. The number of carbonyl (C=O) groups is 1. The maximum absolute atomic E-state index is 12.5. The number of hydrogen-bond donors (Lipinski definition) is 2. The van der Waals surface area contributed by atoms with Crippen molar-refractivity contribution >= 4 is 23.3 Å². The molecule has 2 saturated heterocycles. The van der Waals surface area contributed by atoms with Crippen molar-refractivity contribution in [2.75, 3.05) is 24.6 Å². The van der Waals surface area contributed by atoms with Gasteiger partial charge in [0, 0.05) is 25.9 Å². The van der Waals surface area contributed by atoms with Gasteiger partial charge in [0.15, 0.2) is 5.76 Å². The molecule has 7 nitrogen and oxygen atoms in total. The van der Waals surface area contributed by atoms with Gasteiger partial charge in [-0.1, -0.05) is 11.6 Å². The van der Waals surface area contributed by atoms with Crippen molar-refractivity contribution in [3.63, 3.8) is 0 Å². The van der Waals surface area contributed by atoms with Crippen molar-refractivity contribution in [1.82, 2.24) is 10.3 Å². The molecular formula is C20H24ClN3O4. The van der Waals surface area contributed by atoms with Crippen LogP contribution in [0.2, 0.25) is 5.02 Å². The van der Waals surface area contributed by atoms with Gasteiger partial charge in [-0.25, -0.2) is 4.98 Å².